The number of hydrogen-bond acceptors (Lipinski definition) is 7. The van der Waals surface area contributed by atoms with Gasteiger partial charge in [-0.2, -0.15) is 0 Å². The van der Waals surface area contributed by atoms with Crippen LogP contribution in [-0.2, 0) is 0 Å². The second-order valence-corrected chi connectivity index (χ2v) is 8.03. The van der Waals surface area contributed by atoms with E-state index < -0.39 is 0 Å². The summed E-state index contributed by atoms with van der Waals surface area (Å²) in [5, 5.41) is 5.15. The summed E-state index contributed by atoms with van der Waals surface area (Å²) in [4.78, 5) is 19.7. The van der Waals surface area contributed by atoms with Crippen molar-refractivity contribution in [2.45, 2.75) is 13.0 Å². The monoisotopic (exact) mass is 452 g/mol. The van der Waals surface area contributed by atoms with Gasteiger partial charge < -0.3 is 15.0 Å². The van der Waals surface area contributed by atoms with E-state index in [2.05, 4.69) is 46.1 Å². The molecule has 0 radical (unpaired) electrons. The van der Waals surface area contributed by atoms with Gasteiger partial charge in [0, 0.05) is 22.6 Å². The van der Waals surface area contributed by atoms with Crippen LogP contribution >= 0.6 is 15.9 Å². The van der Waals surface area contributed by atoms with Gasteiger partial charge in [0.15, 0.2) is 5.65 Å². The Bertz CT molecular complexity index is 1170. The van der Waals surface area contributed by atoms with E-state index in [9.17, 15) is 0 Å². The molecule has 4 rings (SSSR count). The summed E-state index contributed by atoms with van der Waals surface area (Å²) in [6.45, 7) is 2.84. The summed E-state index contributed by atoms with van der Waals surface area (Å²) in [6, 6.07) is 9.77. The first kappa shape index (κ1) is 19.5. The number of fused-ring (bicyclic) bond motifs is 2. The molecule has 0 unspecified atom stereocenters. The van der Waals surface area contributed by atoms with Crippen LogP contribution in [0.3, 0.4) is 0 Å². The lowest BCUT2D eigenvalue weighted by Gasteiger charge is -2.20. The van der Waals surface area contributed by atoms with Crippen molar-refractivity contribution in [1.82, 2.24) is 24.8 Å². The van der Waals surface area contributed by atoms with Crippen molar-refractivity contribution in [1.29, 1.82) is 0 Å². The van der Waals surface area contributed by atoms with E-state index in [0.29, 0.717) is 11.5 Å². The highest BCUT2D eigenvalue weighted by Gasteiger charge is 2.15. The van der Waals surface area contributed by atoms with Gasteiger partial charge >= 0.3 is 0 Å². The molecular weight excluding hydrogens is 432 g/mol. The fourth-order valence-corrected chi connectivity index (χ4v) is 3.67. The van der Waals surface area contributed by atoms with Crippen LogP contribution in [0.15, 0.2) is 53.5 Å². The molecule has 3 heterocycles. The SMILES string of the molecule is C[C@H](CN(C)C)Oc1cc(Br)cc2ncnc(Nc3cnc4ncccc4c3)c12. The maximum Gasteiger partial charge on any atom is 0.159 e. The Balaban J connectivity index is 1.75. The van der Waals surface area contributed by atoms with Gasteiger partial charge in [0.1, 0.15) is 24.0 Å². The number of nitrogens with one attached hydrogen (secondary N) is 1. The van der Waals surface area contributed by atoms with Gasteiger partial charge in [0.2, 0.25) is 0 Å². The summed E-state index contributed by atoms with van der Waals surface area (Å²) in [5.41, 5.74) is 2.32. The Labute approximate surface area is 177 Å². The molecule has 7 nitrogen and oxygen atoms in total. The van der Waals surface area contributed by atoms with Crippen LogP contribution in [-0.4, -0.2) is 51.6 Å². The first-order valence-corrected chi connectivity index (χ1v) is 10.0. The third-order valence-corrected chi connectivity index (χ3v) is 4.79. The van der Waals surface area contributed by atoms with Crippen LogP contribution in [0.2, 0.25) is 0 Å². The summed E-state index contributed by atoms with van der Waals surface area (Å²) < 4.78 is 7.15. The van der Waals surface area contributed by atoms with E-state index in [1.54, 1.807) is 18.7 Å². The number of anilines is 2. The largest absolute Gasteiger partial charge is 0.488 e. The second-order valence-electron chi connectivity index (χ2n) is 7.11. The first-order chi connectivity index (χ1) is 14.0. The number of rotatable bonds is 6. The van der Waals surface area contributed by atoms with Crippen molar-refractivity contribution < 1.29 is 4.74 Å². The van der Waals surface area contributed by atoms with E-state index in [1.165, 1.54) is 0 Å². The van der Waals surface area contributed by atoms with Crippen LogP contribution in [0.25, 0.3) is 21.9 Å². The molecule has 0 aliphatic carbocycles. The van der Waals surface area contributed by atoms with Crippen molar-refractivity contribution in [2.24, 2.45) is 0 Å². The quantitative estimate of drug-likeness (QED) is 0.464. The molecule has 1 N–H and O–H groups in total. The fraction of sp³-hybridized carbons (Fsp3) is 0.238. The van der Waals surface area contributed by atoms with Gasteiger partial charge in [-0.1, -0.05) is 15.9 Å². The smallest absolute Gasteiger partial charge is 0.159 e. The standard InChI is InChI=1S/C21H21BrN6O/c1-13(11-28(2)3)29-18-9-15(22)8-17-19(18)21(26-12-25-17)27-16-7-14-5-4-6-23-20(14)24-10-16/h4-10,12-13H,11H2,1-3H3,(H,25,26,27)/t13-/m1/s1. The first-order valence-electron chi connectivity index (χ1n) is 9.23. The van der Waals surface area contributed by atoms with E-state index in [0.717, 1.165) is 38.7 Å². The van der Waals surface area contributed by atoms with Crippen LogP contribution in [0, 0.1) is 0 Å². The average molecular weight is 453 g/mol. The molecule has 0 aliphatic heterocycles. The number of benzene rings is 1. The highest BCUT2D eigenvalue weighted by molar-refractivity contribution is 9.10. The summed E-state index contributed by atoms with van der Waals surface area (Å²) in [6.07, 6.45) is 5.03. The Kier molecular flexibility index (Phi) is 5.55. The predicted octanol–water partition coefficient (Wildman–Crippen LogP) is 4.41. The molecule has 29 heavy (non-hydrogen) atoms. The lowest BCUT2D eigenvalue weighted by Crippen LogP contribution is -2.28. The molecule has 4 aromatic rings. The Hall–Kier alpha value is -2.84. The van der Waals surface area contributed by atoms with Gasteiger partial charge in [0.05, 0.1) is 22.8 Å². The summed E-state index contributed by atoms with van der Waals surface area (Å²) >= 11 is 3.55. The molecule has 0 saturated carbocycles. The van der Waals surface area contributed by atoms with E-state index >= 15 is 0 Å². The maximum absolute atomic E-state index is 6.25. The minimum atomic E-state index is 0.00367. The molecule has 8 heteroatoms. The third-order valence-electron chi connectivity index (χ3n) is 4.33. The molecule has 0 fully saturated rings. The van der Waals surface area contributed by atoms with E-state index in [-0.39, 0.29) is 6.10 Å². The number of nitrogens with zero attached hydrogens (tertiary/aromatic N) is 5. The van der Waals surface area contributed by atoms with E-state index in [4.69, 9.17) is 4.74 Å². The van der Waals surface area contributed by atoms with Crippen LogP contribution in [0.4, 0.5) is 11.5 Å². The van der Waals surface area contributed by atoms with Gasteiger partial charge in [-0.05, 0) is 51.4 Å². The zero-order chi connectivity index (χ0) is 20.4. The zero-order valence-corrected chi connectivity index (χ0v) is 18.0. The van der Waals surface area contributed by atoms with Crippen LogP contribution in [0.5, 0.6) is 5.75 Å². The van der Waals surface area contributed by atoms with Crippen LogP contribution in [0.1, 0.15) is 6.92 Å². The van der Waals surface area contributed by atoms with Crippen molar-refractivity contribution >= 4 is 49.4 Å². The number of halogens is 1. The molecular formula is C21H21BrN6O. The molecule has 1 aromatic carbocycles. The Morgan fingerprint density at radius 1 is 1.14 bits per heavy atom. The molecule has 0 saturated heterocycles. The third kappa shape index (κ3) is 4.44. The zero-order valence-electron chi connectivity index (χ0n) is 16.4. The minimum absolute atomic E-state index is 0.00367. The molecule has 0 bridgehead atoms. The maximum atomic E-state index is 6.25. The average Bonchev–Trinajstić information content (AvgIpc) is 2.67. The fourth-order valence-electron chi connectivity index (χ4n) is 3.25. The Morgan fingerprint density at radius 3 is 2.83 bits per heavy atom. The number of ether oxygens (including phenoxy) is 1. The number of pyridine rings is 2. The van der Waals surface area contributed by atoms with Crippen molar-refractivity contribution in [3.05, 3.63) is 53.5 Å². The second kappa shape index (κ2) is 8.26. The molecule has 3 aromatic heterocycles. The lowest BCUT2D eigenvalue weighted by molar-refractivity contribution is 0.179. The van der Waals surface area contributed by atoms with E-state index in [1.807, 2.05) is 51.4 Å². The number of likely N-dealkylation sites (N-methyl/N-ethyl adjacent to an activating group) is 1. The molecule has 0 aliphatic rings. The highest BCUT2D eigenvalue weighted by atomic mass is 79.9. The van der Waals surface area contributed by atoms with Crippen molar-refractivity contribution in [2.75, 3.05) is 26.0 Å². The lowest BCUT2D eigenvalue weighted by atomic mass is 10.2. The molecule has 0 amide bonds. The van der Waals surface area contributed by atoms with Crippen molar-refractivity contribution in [3.63, 3.8) is 0 Å². The minimum Gasteiger partial charge on any atom is -0.488 e. The molecule has 148 valence electrons. The Morgan fingerprint density at radius 2 is 2.00 bits per heavy atom. The topological polar surface area (TPSA) is 76.1 Å². The normalized spacial score (nSPS) is 12.4. The molecule has 0 spiro atoms. The van der Waals surface area contributed by atoms with Crippen LogP contribution < -0.4 is 10.1 Å². The highest BCUT2D eigenvalue weighted by Crippen LogP contribution is 2.35. The van der Waals surface area contributed by atoms with Gasteiger partial charge in [-0.3, -0.25) is 0 Å². The molecule has 1 atom stereocenters. The van der Waals surface area contributed by atoms with Crippen molar-refractivity contribution in [3.8, 4) is 5.75 Å². The number of hydrogen-bond donors (Lipinski definition) is 1. The summed E-state index contributed by atoms with van der Waals surface area (Å²) in [7, 11) is 4.05. The van der Waals surface area contributed by atoms with Gasteiger partial charge in [-0.15, -0.1) is 0 Å². The predicted molar refractivity (Wildman–Crippen MR) is 119 cm³/mol. The summed E-state index contributed by atoms with van der Waals surface area (Å²) in [5.74, 6) is 1.39. The van der Waals surface area contributed by atoms with Gasteiger partial charge in [0.25, 0.3) is 0 Å². The van der Waals surface area contributed by atoms with Gasteiger partial charge in [-0.25, -0.2) is 19.9 Å². The number of aromatic nitrogens is 4.